The molecule has 7 nitrogen and oxygen atoms in total. The molecule has 276 valence electrons. The molecule has 8 atom stereocenters. The van der Waals surface area contributed by atoms with Crippen molar-refractivity contribution in [3.63, 3.8) is 0 Å². The first kappa shape index (κ1) is 39.5. The number of hydrogen-bond acceptors (Lipinski definition) is 7. The van der Waals surface area contributed by atoms with Crippen LogP contribution in [0.4, 0.5) is 0 Å². The quantitative estimate of drug-likeness (QED) is 0.0951. The molecule has 0 heterocycles. The number of carbonyl (C=O) groups excluding carboxylic acids is 4. The molecule has 49 heavy (non-hydrogen) atoms. The molecule has 7 heteroatoms. The van der Waals surface area contributed by atoms with E-state index in [-0.39, 0.29) is 71.4 Å². The van der Waals surface area contributed by atoms with Crippen molar-refractivity contribution in [1.29, 1.82) is 0 Å². The summed E-state index contributed by atoms with van der Waals surface area (Å²) in [4.78, 5) is 50.4. The molecule has 4 rings (SSSR count). The third-order valence-corrected chi connectivity index (χ3v) is 12.9. The average Bonchev–Trinajstić information content (AvgIpc) is 3.33. The van der Waals surface area contributed by atoms with Gasteiger partial charge in [-0.2, -0.15) is 0 Å². The van der Waals surface area contributed by atoms with Gasteiger partial charge in [0.25, 0.3) is 0 Å². The Balaban J connectivity index is 1.09. The van der Waals surface area contributed by atoms with Crippen molar-refractivity contribution in [3.05, 3.63) is 23.8 Å². The summed E-state index contributed by atoms with van der Waals surface area (Å²) in [5, 5.41) is 11.6. The molecule has 0 saturated heterocycles. The molecule has 0 amide bonds. The Kier molecular flexibility index (Phi) is 15.2. The Morgan fingerprint density at radius 1 is 0.857 bits per heavy atom. The lowest BCUT2D eigenvalue weighted by atomic mass is 9.46. The fourth-order valence-electron chi connectivity index (χ4n) is 10.5. The van der Waals surface area contributed by atoms with E-state index in [0.717, 1.165) is 44.1 Å². The number of carbonyl (C=O) groups is 4. The van der Waals surface area contributed by atoms with Crippen LogP contribution in [0, 0.1) is 40.4 Å². The topological polar surface area (TPSA) is 107 Å². The second-order valence-corrected chi connectivity index (χ2v) is 16.4. The van der Waals surface area contributed by atoms with Crippen LogP contribution in [0.1, 0.15) is 156 Å². The van der Waals surface area contributed by atoms with Crippen molar-refractivity contribution in [2.75, 3.05) is 13.2 Å². The van der Waals surface area contributed by atoms with Gasteiger partial charge in [-0.25, -0.2) is 0 Å². The summed E-state index contributed by atoms with van der Waals surface area (Å²) >= 11 is 0. The lowest BCUT2D eigenvalue weighted by Gasteiger charge is -2.58. The molecular weight excluding hydrogens is 616 g/mol. The van der Waals surface area contributed by atoms with Gasteiger partial charge in [0, 0.05) is 17.3 Å². The minimum Gasteiger partial charge on any atom is -0.466 e. The highest BCUT2D eigenvalue weighted by molar-refractivity contribution is 6.01. The van der Waals surface area contributed by atoms with E-state index >= 15 is 0 Å². The van der Waals surface area contributed by atoms with Crippen molar-refractivity contribution in [3.8, 4) is 0 Å². The highest BCUT2D eigenvalue weighted by atomic mass is 16.5. The molecule has 2 unspecified atom stereocenters. The summed E-state index contributed by atoms with van der Waals surface area (Å²) in [5.41, 5.74) is 0.395. The summed E-state index contributed by atoms with van der Waals surface area (Å²) in [6.45, 7) is 8.74. The number of esters is 2. The zero-order valence-electron chi connectivity index (χ0n) is 31.1. The third kappa shape index (κ3) is 10.2. The normalized spacial score (nSPS) is 31.8. The fourth-order valence-corrected chi connectivity index (χ4v) is 10.5. The number of aliphatic hydroxyl groups excluding tert-OH is 1. The number of hydrogen-bond donors (Lipinski definition) is 1. The predicted octanol–water partition coefficient (Wildman–Crippen LogP) is 9.04. The van der Waals surface area contributed by atoms with Gasteiger partial charge in [0.15, 0.2) is 11.6 Å². The summed E-state index contributed by atoms with van der Waals surface area (Å²) in [6, 6.07) is 0. The first-order chi connectivity index (χ1) is 23.5. The number of allylic oxidation sites excluding steroid dienone is 4. The van der Waals surface area contributed by atoms with Crippen molar-refractivity contribution >= 4 is 23.5 Å². The van der Waals surface area contributed by atoms with Crippen molar-refractivity contribution in [1.82, 2.24) is 0 Å². The lowest BCUT2D eigenvalue weighted by Crippen LogP contribution is -2.56. The molecule has 0 spiro atoms. The van der Waals surface area contributed by atoms with E-state index in [4.69, 9.17) is 9.47 Å². The Morgan fingerprint density at radius 3 is 2.04 bits per heavy atom. The van der Waals surface area contributed by atoms with Gasteiger partial charge in [-0.05, 0) is 67.4 Å². The van der Waals surface area contributed by atoms with E-state index in [1.165, 1.54) is 70.6 Å². The molecule has 0 radical (unpaired) electrons. The number of aliphatic hydroxyl groups is 1. The monoisotopic (exact) mass is 682 g/mol. The van der Waals surface area contributed by atoms with E-state index in [2.05, 4.69) is 27.7 Å². The van der Waals surface area contributed by atoms with Gasteiger partial charge < -0.3 is 14.6 Å². The second-order valence-electron chi connectivity index (χ2n) is 16.4. The maximum absolute atomic E-state index is 13.6. The van der Waals surface area contributed by atoms with Crippen LogP contribution in [-0.2, 0) is 28.7 Å². The molecule has 3 fully saturated rings. The molecule has 0 aromatic heterocycles. The Bertz CT molecular complexity index is 1190. The van der Waals surface area contributed by atoms with Gasteiger partial charge >= 0.3 is 11.9 Å². The van der Waals surface area contributed by atoms with Crippen LogP contribution in [0.25, 0.3) is 0 Å². The van der Waals surface area contributed by atoms with Gasteiger partial charge in [0.1, 0.15) is 6.61 Å². The standard InChI is InChI=1S/C42H66O7/c1-5-6-7-8-9-10-11-12-13-14-15-16-17-18-25-48-37(46)21-22-38(47)49-29-36(45)39-30(2)26-34-33-20-19-31-27-32(43)23-24-41(31,3)40(33)35(44)28-42(34,39)4/h23-24,27,30,33-35,39-40,44H,5-22,25-26,28-29H2,1-4H3/t30-,33+,34?,35+,39-,40?,41+,42+/m1/s1. The first-order valence-electron chi connectivity index (χ1n) is 20.0. The van der Waals surface area contributed by atoms with Gasteiger partial charge in [-0.1, -0.05) is 123 Å². The Morgan fingerprint density at radius 2 is 1.43 bits per heavy atom. The Labute approximate surface area is 296 Å². The van der Waals surface area contributed by atoms with Gasteiger partial charge in [-0.15, -0.1) is 0 Å². The zero-order valence-corrected chi connectivity index (χ0v) is 31.1. The van der Waals surface area contributed by atoms with Crippen LogP contribution in [0.3, 0.4) is 0 Å². The van der Waals surface area contributed by atoms with Crippen LogP contribution in [0.15, 0.2) is 23.8 Å². The number of ether oxygens (including phenoxy) is 2. The SMILES string of the molecule is CCCCCCCCCCCCCCCCOC(=O)CCC(=O)OCC(=O)[C@H]1[C@H](C)CC2[C@@H]3CCC4=CC(=O)C=C[C@]4(C)C3[C@@H](O)C[C@@]21C. The summed E-state index contributed by atoms with van der Waals surface area (Å²) in [6.07, 6.45) is 25.6. The molecule has 0 aromatic rings. The minimum atomic E-state index is -0.587. The van der Waals surface area contributed by atoms with Gasteiger partial charge in [-0.3, -0.25) is 19.2 Å². The van der Waals surface area contributed by atoms with Crippen molar-refractivity contribution in [2.45, 2.75) is 162 Å². The third-order valence-electron chi connectivity index (χ3n) is 12.9. The van der Waals surface area contributed by atoms with E-state index in [0.29, 0.717) is 13.0 Å². The van der Waals surface area contributed by atoms with Crippen molar-refractivity contribution < 1.29 is 33.8 Å². The number of ketones is 2. The molecular formula is C42H66O7. The molecule has 4 aliphatic rings. The highest BCUT2D eigenvalue weighted by Crippen LogP contribution is 2.67. The molecule has 1 N–H and O–H groups in total. The molecule has 0 aromatic carbocycles. The fraction of sp³-hybridized carbons (Fsp3) is 0.810. The van der Waals surface area contributed by atoms with E-state index < -0.39 is 18.0 Å². The molecule has 3 saturated carbocycles. The molecule has 4 aliphatic carbocycles. The second kappa shape index (κ2) is 18.8. The van der Waals surface area contributed by atoms with Crippen LogP contribution < -0.4 is 0 Å². The van der Waals surface area contributed by atoms with Crippen LogP contribution >= 0.6 is 0 Å². The molecule has 0 bridgehead atoms. The largest absolute Gasteiger partial charge is 0.466 e. The number of unbranched alkanes of at least 4 members (excludes halogenated alkanes) is 13. The summed E-state index contributed by atoms with van der Waals surface area (Å²) < 4.78 is 10.7. The minimum absolute atomic E-state index is 0.0166. The first-order valence-corrected chi connectivity index (χ1v) is 20.0. The highest BCUT2D eigenvalue weighted by Gasteiger charge is 2.64. The van der Waals surface area contributed by atoms with E-state index in [9.17, 15) is 24.3 Å². The number of Topliss-reactive ketones (excluding diaryl/α,β-unsaturated/α-hetero) is 1. The van der Waals surface area contributed by atoms with Gasteiger partial charge in [0.05, 0.1) is 25.6 Å². The van der Waals surface area contributed by atoms with Crippen LogP contribution in [0.5, 0.6) is 0 Å². The Hall–Kier alpha value is -2.28. The number of fused-ring (bicyclic) bond motifs is 5. The maximum atomic E-state index is 13.6. The van der Waals surface area contributed by atoms with Gasteiger partial charge in [0.2, 0.25) is 0 Å². The van der Waals surface area contributed by atoms with Crippen LogP contribution in [0.2, 0.25) is 0 Å². The lowest BCUT2D eigenvalue weighted by molar-refractivity contribution is -0.156. The summed E-state index contributed by atoms with van der Waals surface area (Å²) in [5.74, 6) is -0.671. The molecule has 0 aliphatic heterocycles. The zero-order chi connectivity index (χ0) is 35.4. The number of rotatable bonds is 21. The predicted molar refractivity (Wildman–Crippen MR) is 193 cm³/mol. The van der Waals surface area contributed by atoms with E-state index in [1.807, 2.05) is 6.08 Å². The van der Waals surface area contributed by atoms with Crippen molar-refractivity contribution in [2.24, 2.45) is 40.4 Å². The smallest absolute Gasteiger partial charge is 0.306 e. The maximum Gasteiger partial charge on any atom is 0.306 e. The van der Waals surface area contributed by atoms with Crippen LogP contribution in [-0.4, -0.2) is 47.9 Å². The average molecular weight is 683 g/mol. The van der Waals surface area contributed by atoms with E-state index in [1.54, 1.807) is 12.2 Å². The summed E-state index contributed by atoms with van der Waals surface area (Å²) in [7, 11) is 0.